The third-order valence-corrected chi connectivity index (χ3v) is 4.54. The largest absolute Gasteiger partial charge is 0.489 e. The molecule has 0 aliphatic carbocycles. The Balaban J connectivity index is 1.66. The van der Waals surface area contributed by atoms with E-state index in [-0.39, 0.29) is 5.91 Å². The maximum absolute atomic E-state index is 12.7. The van der Waals surface area contributed by atoms with E-state index < -0.39 is 0 Å². The maximum Gasteiger partial charge on any atom is 0.253 e. The lowest BCUT2D eigenvalue weighted by Crippen LogP contribution is -2.27. The quantitative estimate of drug-likeness (QED) is 0.612. The monoisotopic (exact) mass is 413 g/mol. The van der Waals surface area contributed by atoms with Crippen molar-refractivity contribution < 1.29 is 9.53 Å². The highest BCUT2D eigenvalue weighted by Gasteiger charge is 2.14. The van der Waals surface area contributed by atoms with E-state index in [4.69, 9.17) is 4.74 Å². The minimum Gasteiger partial charge on any atom is -0.489 e. The second-order valence-electron chi connectivity index (χ2n) is 6.05. The number of rotatable bonds is 6. The Kier molecular flexibility index (Phi) is 5.73. The molecule has 0 atom stereocenters. The molecule has 3 aromatic rings. The Bertz CT molecular complexity index is 907. The van der Waals surface area contributed by atoms with Crippen LogP contribution in [0.25, 0.3) is 0 Å². The minimum atomic E-state index is -0.0319. The van der Waals surface area contributed by atoms with Gasteiger partial charge in [0.15, 0.2) is 0 Å². The predicted octanol–water partition coefficient (Wildman–Crippen LogP) is 4.03. The molecule has 1 heterocycles. The molecule has 26 heavy (non-hydrogen) atoms. The van der Waals surface area contributed by atoms with E-state index >= 15 is 0 Å². The molecule has 134 valence electrons. The Hall–Kier alpha value is -2.60. The molecule has 0 unspecified atom stereocenters. The number of benzene rings is 2. The van der Waals surface area contributed by atoms with Gasteiger partial charge in [0.25, 0.3) is 5.91 Å². The second kappa shape index (κ2) is 8.19. The third-order valence-electron chi connectivity index (χ3n) is 4.04. The number of aryl methyl sites for hydroxylation is 1. The van der Waals surface area contributed by atoms with Crippen LogP contribution in [0.1, 0.15) is 21.6 Å². The number of halogens is 1. The van der Waals surface area contributed by atoms with Crippen LogP contribution in [0.15, 0.2) is 65.3 Å². The molecule has 0 spiro atoms. The van der Waals surface area contributed by atoms with Gasteiger partial charge in [-0.3, -0.25) is 9.48 Å². The van der Waals surface area contributed by atoms with E-state index in [1.807, 2.05) is 61.6 Å². The lowest BCUT2D eigenvalue weighted by molar-refractivity contribution is 0.0782. The molecule has 1 aromatic heterocycles. The molecular weight excluding hydrogens is 394 g/mol. The highest BCUT2D eigenvalue weighted by atomic mass is 79.9. The van der Waals surface area contributed by atoms with Crippen molar-refractivity contribution >= 4 is 21.8 Å². The Morgan fingerprint density at radius 2 is 2.00 bits per heavy atom. The van der Waals surface area contributed by atoms with Gasteiger partial charge >= 0.3 is 0 Å². The average Bonchev–Trinajstić information content (AvgIpc) is 3.04. The zero-order chi connectivity index (χ0) is 18.5. The van der Waals surface area contributed by atoms with Crippen LogP contribution in [-0.4, -0.2) is 27.6 Å². The molecule has 0 aliphatic heterocycles. The van der Waals surface area contributed by atoms with Crippen LogP contribution in [-0.2, 0) is 20.2 Å². The highest BCUT2D eigenvalue weighted by molar-refractivity contribution is 9.10. The molecule has 0 bridgehead atoms. The zero-order valence-corrected chi connectivity index (χ0v) is 16.3. The third kappa shape index (κ3) is 4.52. The van der Waals surface area contributed by atoms with Gasteiger partial charge in [0.2, 0.25) is 0 Å². The highest BCUT2D eigenvalue weighted by Crippen LogP contribution is 2.19. The standard InChI is InChI=1S/C20H20BrN3O2/c1-23(13-18-9-10-22-24(18)2)20(25)16-6-3-5-15(11-16)14-26-19-8-4-7-17(21)12-19/h3-12H,13-14H2,1-2H3. The van der Waals surface area contributed by atoms with Crippen molar-refractivity contribution in [3.8, 4) is 5.75 Å². The van der Waals surface area contributed by atoms with Crippen molar-refractivity contribution in [2.45, 2.75) is 13.2 Å². The summed E-state index contributed by atoms with van der Waals surface area (Å²) in [7, 11) is 3.66. The van der Waals surface area contributed by atoms with Crippen LogP contribution < -0.4 is 4.74 Å². The number of ether oxygens (including phenoxy) is 1. The first kappa shape index (κ1) is 18.2. The molecular formula is C20H20BrN3O2. The van der Waals surface area contributed by atoms with Crippen LogP contribution in [0.4, 0.5) is 0 Å². The number of carbonyl (C=O) groups excluding carboxylic acids is 1. The molecule has 0 saturated heterocycles. The summed E-state index contributed by atoms with van der Waals surface area (Å²) in [5, 5.41) is 4.13. The fourth-order valence-corrected chi connectivity index (χ4v) is 2.99. The van der Waals surface area contributed by atoms with Crippen molar-refractivity contribution in [2.75, 3.05) is 7.05 Å². The summed E-state index contributed by atoms with van der Waals surface area (Å²) in [5.41, 5.74) is 2.57. The van der Waals surface area contributed by atoms with Gasteiger partial charge in [0, 0.05) is 30.3 Å². The number of hydrogen-bond acceptors (Lipinski definition) is 3. The summed E-state index contributed by atoms with van der Waals surface area (Å²) in [6, 6.07) is 17.1. The van der Waals surface area contributed by atoms with Gasteiger partial charge < -0.3 is 9.64 Å². The van der Waals surface area contributed by atoms with Crippen LogP contribution in [0.5, 0.6) is 5.75 Å². The summed E-state index contributed by atoms with van der Waals surface area (Å²) >= 11 is 3.43. The van der Waals surface area contributed by atoms with E-state index in [2.05, 4.69) is 21.0 Å². The van der Waals surface area contributed by atoms with Crippen molar-refractivity contribution in [1.29, 1.82) is 0 Å². The summed E-state index contributed by atoms with van der Waals surface area (Å²) in [6.07, 6.45) is 1.73. The van der Waals surface area contributed by atoms with Crippen LogP contribution in [0.3, 0.4) is 0 Å². The van der Waals surface area contributed by atoms with E-state index in [0.29, 0.717) is 18.7 Å². The lowest BCUT2D eigenvalue weighted by Gasteiger charge is -2.17. The van der Waals surface area contributed by atoms with Gasteiger partial charge in [-0.05, 0) is 42.0 Å². The number of carbonyl (C=O) groups is 1. The van der Waals surface area contributed by atoms with Crippen LogP contribution in [0, 0.1) is 0 Å². The number of hydrogen-bond donors (Lipinski definition) is 0. The number of nitrogens with zero attached hydrogens (tertiary/aromatic N) is 3. The second-order valence-corrected chi connectivity index (χ2v) is 6.97. The average molecular weight is 414 g/mol. The first-order chi connectivity index (χ1) is 12.5. The molecule has 2 aromatic carbocycles. The minimum absolute atomic E-state index is 0.0319. The van der Waals surface area contributed by atoms with E-state index in [1.54, 1.807) is 22.8 Å². The van der Waals surface area contributed by atoms with Gasteiger partial charge in [0.1, 0.15) is 12.4 Å². The van der Waals surface area contributed by atoms with Crippen LogP contribution >= 0.6 is 15.9 Å². The molecule has 0 fully saturated rings. The molecule has 3 rings (SSSR count). The van der Waals surface area contributed by atoms with E-state index in [0.717, 1.165) is 21.5 Å². The van der Waals surface area contributed by atoms with Gasteiger partial charge in [-0.25, -0.2) is 0 Å². The fraction of sp³-hybridized carbons (Fsp3) is 0.200. The van der Waals surface area contributed by atoms with E-state index in [9.17, 15) is 4.79 Å². The fourth-order valence-electron chi connectivity index (χ4n) is 2.61. The number of amides is 1. The Morgan fingerprint density at radius 3 is 2.73 bits per heavy atom. The van der Waals surface area contributed by atoms with Crippen molar-refractivity contribution in [1.82, 2.24) is 14.7 Å². The van der Waals surface area contributed by atoms with Gasteiger partial charge in [-0.15, -0.1) is 0 Å². The van der Waals surface area contributed by atoms with Crippen molar-refractivity contribution in [3.05, 3.63) is 82.1 Å². The molecule has 6 heteroatoms. The zero-order valence-electron chi connectivity index (χ0n) is 14.7. The van der Waals surface area contributed by atoms with Crippen molar-refractivity contribution in [2.24, 2.45) is 7.05 Å². The van der Waals surface area contributed by atoms with Crippen molar-refractivity contribution in [3.63, 3.8) is 0 Å². The molecule has 0 N–H and O–H groups in total. The summed E-state index contributed by atoms with van der Waals surface area (Å²) in [6.45, 7) is 0.914. The maximum atomic E-state index is 12.7. The van der Waals surface area contributed by atoms with E-state index in [1.165, 1.54) is 0 Å². The molecule has 1 amide bonds. The number of aromatic nitrogens is 2. The topological polar surface area (TPSA) is 47.4 Å². The first-order valence-corrected chi connectivity index (χ1v) is 9.02. The smallest absolute Gasteiger partial charge is 0.253 e. The summed E-state index contributed by atoms with van der Waals surface area (Å²) in [4.78, 5) is 14.4. The Labute approximate surface area is 161 Å². The van der Waals surface area contributed by atoms with Gasteiger partial charge in [0.05, 0.1) is 12.2 Å². The molecule has 0 radical (unpaired) electrons. The lowest BCUT2D eigenvalue weighted by atomic mass is 10.1. The van der Waals surface area contributed by atoms with Gasteiger partial charge in [-0.2, -0.15) is 5.10 Å². The molecule has 0 aliphatic rings. The summed E-state index contributed by atoms with van der Waals surface area (Å²) < 4.78 is 8.54. The van der Waals surface area contributed by atoms with Gasteiger partial charge in [-0.1, -0.05) is 34.1 Å². The molecule has 0 saturated carbocycles. The van der Waals surface area contributed by atoms with Crippen LogP contribution in [0.2, 0.25) is 0 Å². The molecule has 5 nitrogen and oxygen atoms in total. The summed E-state index contributed by atoms with van der Waals surface area (Å²) in [5.74, 6) is 0.750. The SMILES string of the molecule is CN(Cc1ccnn1C)C(=O)c1cccc(COc2cccc(Br)c2)c1. The Morgan fingerprint density at radius 1 is 1.19 bits per heavy atom. The normalized spacial score (nSPS) is 10.6. The first-order valence-electron chi connectivity index (χ1n) is 8.22. The predicted molar refractivity (Wildman–Crippen MR) is 104 cm³/mol.